The summed E-state index contributed by atoms with van der Waals surface area (Å²) in [4.78, 5) is 19.1. The van der Waals surface area contributed by atoms with Gasteiger partial charge in [0.25, 0.3) is 0 Å². The van der Waals surface area contributed by atoms with Crippen molar-refractivity contribution in [1.82, 2.24) is 19.7 Å². The van der Waals surface area contributed by atoms with Gasteiger partial charge in [0.15, 0.2) is 0 Å². The van der Waals surface area contributed by atoms with Crippen molar-refractivity contribution >= 4 is 17.7 Å². The van der Waals surface area contributed by atoms with E-state index in [1.165, 1.54) is 12.4 Å². The lowest BCUT2D eigenvalue weighted by Crippen LogP contribution is -2.27. The van der Waals surface area contributed by atoms with Crippen molar-refractivity contribution in [2.75, 3.05) is 0 Å². The van der Waals surface area contributed by atoms with E-state index in [0.717, 1.165) is 4.68 Å². The number of carbonyl (C=O) groups is 1. The normalized spacial score (nSPS) is 12.3. The van der Waals surface area contributed by atoms with Gasteiger partial charge in [0.1, 0.15) is 22.1 Å². The highest BCUT2D eigenvalue weighted by Gasteiger charge is 2.34. The standard InChI is InChI=1S/C14H14ClF3N4O2/c1-13(2,3)24-12(23)22-7-8(5-20-22)4-10-19-6-9(11(15)21-10)14(16,17)18/h5-7H,4H2,1-3H3. The van der Waals surface area contributed by atoms with Gasteiger partial charge in [-0.25, -0.2) is 14.8 Å². The first-order valence-corrected chi connectivity index (χ1v) is 7.19. The zero-order chi connectivity index (χ0) is 18.1. The molecule has 0 aromatic carbocycles. The molecule has 0 saturated carbocycles. The molecule has 0 aliphatic heterocycles. The third-order valence-corrected chi connectivity index (χ3v) is 2.96. The van der Waals surface area contributed by atoms with Gasteiger partial charge in [-0.1, -0.05) is 11.6 Å². The maximum atomic E-state index is 12.6. The second-order valence-electron chi connectivity index (χ2n) is 5.94. The topological polar surface area (TPSA) is 69.9 Å². The highest BCUT2D eigenvalue weighted by molar-refractivity contribution is 6.30. The molecule has 130 valence electrons. The van der Waals surface area contributed by atoms with Gasteiger partial charge >= 0.3 is 12.3 Å². The van der Waals surface area contributed by atoms with E-state index in [0.29, 0.717) is 11.8 Å². The number of aromatic nitrogens is 4. The molecule has 2 aromatic rings. The van der Waals surface area contributed by atoms with Crippen molar-refractivity contribution in [3.8, 4) is 0 Å². The predicted octanol–water partition coefficient (Wildman–Crippen LogP) is 3.72. The van der Waals surface area contributed by atoms with E-state index < -0.39 is 28.6 Å². The van der Waals surface area contributed by atoms with Gasteiger partial charge in [0.05, 0.1) is 6.20 Å². The zero-order valence-electron chi connectivity index (χ0n) is 13.1. The first kappa shape index (κ1) is 18.2. The minimum absolute atomic E-state index is 0.0701. The fraction of sp³-hybridized carbons (Fsp3) is 0.429. The van der Waals surface area contributed by atoms with Crippen LogP contribution in [0, 0.1) is 0 Å². The molecule has 2 heterocycles. The van der Waals surface area contributed by atoms with Gasteiger partial charge in [-0.2, -0.15) is 23.0 Å². The van der Waals surface area contributed by atoms with E-state index in [1.807, 2.05) is 0 Å². The summed E-state index contributed by atoms with van der Waals surface area (Å²) in [6.45, 7) is 5.15. The van der Waals surface area contributed by atoms with E-state index in [-0.39, 0.29) is 12.2 Å². The molecule has 0 amide bonds. The Balaban J connectivity index is 2.13. The van der Waals surface area contributed by atoms with Crippen molar-refractivity contribution in [1.29, 1.82) is 0 Å². The minimum Gasteiger partial charge on any atom is -0.442 e. The molecule has 2 aromatic heterocycles. The minimum atomic E-state index is -4.61. The third-order valence-electron chi connectivity index (χ3n) is 2.68. The molecule has 0 unspecified atom stereocenters. The highest BCUT2D eigenvalue weighted by Crippen LogP contribution is 2.33. The molecular formula is C14H14ClF3N4O2. The van der Waals surface area contributed by atoms with Crippen molar-refractivity contribution in [2.45, 2.75) is 39.0 Å². The van der Waals surface area contributed by atoms with Crippen LogP contribution in [0.1, 0.15) is 37.7 Å². The fourth-order valence-electron chi connectivity index (χ4n) is 1.71. The summed E-state index contributed by atoms with van der Waals surface area (Å²) >= 11 is 5.54. The fourth-order valence-corrected chi connectivity index (χ4v) is 1.97. The summed E-state index contributed by atoms with van der Waals surface area (Å²) in [5, 5.41) is 3.18. The van der Waals surface area contributed by atoms with Gasteiger partial charge in [0.2, 0.25) is 0 Å². The average molecular weight is 363 g/mol. The molecule has 0 aliphatic carbocycles. The smallest absolute Gasteiger partial charge is 0.435 e. The lowest BCUT2D eigenvalue weighted by atomic mass is 10.2. The Bertz CT molecular complexity index is 753. The maximum Gasteiger partial charge on any atom is 0.435 e. The van der Waals surface area contributed by atoms with Crippen LogP contribution < -0.4 is 0 Å². The molecule has 0 fully saturated rings. The summed E-state index contributed by atoms with van der Waals surface area (Å²) in [7, 11) is 0. The number of nitrogens with zero attached hydrogens (tertiary/aromatic N) is 4. The molecule has 0 radical (unpaired) electrons. The summed E-state index contributed by atoms with van der Waals surface area (Å²) in [5.74, 6) is 0.0803. The molecule has 0 N–H and O–H groups in total. The number of halogens is 4. The Morgan fingerprint density at radius 1 is 1.29 bits per heavy atom. The van der Waals surface area contributed by atoms with Gasteiger partial charge in [-0.3, -0.25) is 0 Å². The molecule has 24 heavy (non-hydrogen) atoms. The summed E-state index contributed by atoms with van der Waals surface area (Å²) < 4.78 is 44.0. The van der Waals surface area contributed by atoms with E-state index in [2.05, 4.69) is 15.1 Å². The molecular weight excluding hydrogens is 349 g/mol. The number of hydrogen-bond donors (Lipinski definition) is 0. The van der Waals surface area contributed by atoms with Crippen LogP contribution in [-0.4, -0.2) is 31.4 Å². The first-order chi connectivity index (χ1) is 11.0. The number of hydrogen-bond acceptors (Lipinski definition) is 5. The monoisotopic (exact) mass is 362 g/mol. The number of rotatable bonds is 2. The Kier molecular flexibility index (Phi) is 4.84. The van der Waals surface area contributed by atoms with E-state index in [1.54, 1.807) is 20.8 Å². The summed E-state index contributed by atoms with van der Waals surface area (Å²) in [6, 6.07) is 0. The summed E-state index contributed by atoms with van der Waals surface area (Å²) in [5.41, 5.74) is -1.25. The van der Waals surface area contributed by atoms with Crippen molar-refractivity contribution in [3.05, 3.63) is 40.7 Å². The first-order valence-electron chi connectivity index (χ1n) is 6.81. The predicted molar refractivity (Wildman–Crippen MR) is 78.7 cm³/mol. The SMILES string of the molecule is CC(C)(C)OC(=O)n1cc(Cc2ncc(C(F)(F)F)c(Cl)n2)cn1. The van der Waals surface area contributed by atoms with Crippen molar-refractivity contribution in [2.24, 2.45) is 0 Å². The van der Waals surface area contributed by atoms with E-state index >= 15 is 0 Å². The maximum absolute atomic E-state index is 12.6. The quantitative estimate of drug-likeness (QED) is 0.761. The van der Waals surface area contributed by atoms with Crippen LogP contribution in [0.15, 0.2) is 18.6 Å². The lowest BCUT2D eigenvalue weighted by molar-refractivity contribution is -0.138. The number of carbonyl (C=O) groups excluding carboxylic acids is 1. The molecule has 0 saturated heterocycles. The highest BCUT2D eigenvalue weighted by atomic mass is 35.5. The molecule has 0 aliphatic rings. The number of ether oxygens (including phenoxy) is 1. The second kappa shape index (κ2) is 6.39. The molecule has 10 heteroatoms. The Morgan fingerprint density at radius 2 is 1.96 bits per heavy atom. The van der Waals surface area contributed by atoms with Gasteiger partial charge in [0, 0.05) is 18.8 Å². The van der Waals surface area contributed by atoms with Gasteiger partial charge in [-0.05, 0) is 26.3 Å². The third kappa shape index (κ3) is 4.67. The summed E-state index contributed by atoms with van der Waals surface area (Å²) in [6.07, 6.45) is -1.82. The van der Waals surface area contributed by atoms with Crippen LogP contribution in [0.5, 0.6) is 0 Å². The average Bonchev–Trinajstić information content (AvgIpc) is 2.83. The second-order valence-corrected chi connectivity index (χ2v) is 6.30. The molecule has 0 bridgehead atoms. The van der Waals surface area contributed by atoms with Crippen molar-refractivity contribution < 1.29 is 22.7 Å². The lowest BCUT2D eigenvalue weighted by Gasteiger charge is -2.18. The Hall–Kier alpha value is -2.16. The van der Waals surface area contributed by atoms with Gasteiger partial charge < -0.3 is 4.74 Å². The Labute approximate surface area is 140 Å². The Morgan fingerprint density at radius 3 is 2.50 bits per heavy atom. The van der Waals surface area contributed by atoms with Crippen LogP contribution in [0.25, 0.3) is 0 Å². The largest absolute Gasteiger partial charge is 0.442 e. The van der Waals surface area contributed by atoms with E-state index in [9.17, 15) is 18.0 Å². The molecule has 2 rings (SSSR count). The molecule has 0 spiro atoms. The van der Waals surface area contributed by atoms with Crippen LogP contribution in [0.3, 0.4) is 0 Å². The molecule has 0 atom stereocenters. The zero-order valence-corrected chi connectivity index (χ0v) is 13.8. The van der Waals surface area contributed by atoms with E-state index in [4.69, 9.17) is 16.3 Å². The van der Waals surface area contributed by atoms with Crippen LogP contribution in [0.4, 0.5) is 18.0 Å². The van der Waals surface area contributed by atoms with Gasteiger partial charge in [-0.15, -0.1) is 0 Å². The van der Waals surface area contributed by atoms with Crippen LogP contribution in [0.2, 0.25) is 5.15 Å². The van der Waals surface area contributed by atoms with Crippen LogP contribution in [-0.2, 0) is 17.3 Å². The van der Waals surface area contributed by atoms with Crippen molar-refractivity contribution in [3.63, 3.8) is 0 Å². The number of alkyl halides is 3. The van der Waals surface area contributed by atoms with Crippen LogP contribution >= 0.6 is 11.6 Å². The molecule has 6 nitrogen and oxygen atoms in total.